The standard InChI is InChI=1S/C26H31FN8O/c1-16-9-19-21(13-33(16)15-26(7-8-26)25(36)31(3)4)30-34-17(2)12-32(14-23(19)34)22-6-5-18(10-28)35-24(22)20(27)11-29-35/h5-6,11,16-17H,7-9,12-15H2,1-4H3/t16-,17+/m0/s1. The van der Waals surface area contributed by atoms with Crippen molar-refractivity contribution in [3.8, 4) is 6.07 Å². The quantitative estimate of drug-likeness (QED) is 0.559. The van der Waals surface area contributed by atoms with E-state index in [1.807, 2.05) is 20.2 Å². The summed E-state index contributed by atoms with van der Waals surface area (Å²) in [6.07, 6.45) is 3.95. The van der Waals surface area contributed by atoms with Crippen molar-refractivity contribution in [2.75, 3.05) is 32.1 Å². The fourth-order valence-corrected chi connectivity index (χ4v) is 6.10. The van der Waals surface area contributed by atoms with E-state index in [9.17, 15) is 14.4 Å². The molecule has 188 valence electrons. The molecule has 2 atom stereocenters. The molecule has 0 N–H and O–H groups in total. The number of carbonyl (C=O) groups excluding carboxylic acids is 1. The maximum absolute atomic E-state index is 14.8. The summed E-state index contributed by atoms with van der Waals surface area (Å²) in [5, 5.41) is 18.5. The van der Waals surface area contributed by atoms with Crippen LogP contribution in [0.25, 0.3) is 5.52 Å². The number of amides is 1. The average molecular weight is 491 g/mol. The van der Waals surface area contributed by atoms with E-state index in [4.69, 9.17) is 5.10 Å². The van der Waals surface area contributed by atoms with Crippen LogP contribution in [-0.4, -0.2) is 68.3 Å². The first-order chi connectivity index (χ1) is 17.2. The van der Waals surface area contributed by atoms with Crippen molar-refractivity contribution in [1.29, 1.82) is 5.26 Å². The third kappa shape index (κ3) is 3.40. The Bertz CT molecular complexity index is 1410. The van der Waals surface area contributed by atoms with E-state index in [2.05, 4.69) is 39.5 Å². The lowest BCUT2D eigenvalue weighted by atomic mass is 9.94. The average Bonchev–Trinajstić information content (AvgIpc) is 3.41. The van der Waals surface area contributed by atoms with Gasteiger partial charge in [0.25, 0.3) is 0 Å². The number of hydrogen-bond donors (Lipinski definition) is 0. The highest BCUT2D eigenvalue weighted by Gasteiger charge is 2.52. The zero-order valence-electron chi connectivity index (χ0n) is 21.2. The van der Waals surface area contributed by atoms with Crippen LogP contribution in [0.5, 0.6) is 0 Å². The van der Waals surface area contributed by atoms with Gasteiger partial charge in [-0.1, -0.05) is 0 Å². The van der Waals surface area contributed by atoms with Crippen LogP contribution in [0.2, 0.25) is 0 Å². The van der Waals surface area contributed by atoms with Crippen molar-refractivity contribution in [2.45, 2.75) is 58.3 Å². The highest BCUT2D eigenvalue weighted by Crippen LogP contribution is 2.48. The van der Waals surface area contributed by atoms with Crippen LogP contribution in [0.4, 0.5) is 10.1 Å². The normalized spacial score (nSPS) is 22.7. The Kier molecular flexibility index (Phi) is 5.13. The van der Waals surface area contributed by atoms with Crippen LogP contribution in [0, 0.1) is 22.6 Å². The number of nitrogens with zero attached hydrogens (tertiary/aromatic N) is 8. The fourth-order valence-electron chi connectivity index (χ4n) is 6.10. The highest BCUT2D eigenvalue weighted by molar-refractivity contribution is 5.85. The molecule has 1 aliphatic carbocycles. The van der Waals surface area contributed by atoms with Crippen LogP contribution in [-0.2, 0) is 24.3 Å². The monoisotopic (exact) mass is 490 g/mol. The third-order valence-electron chi connectivity index (χ3n) is 8.19. The number of fused-ring (bicyclic) bond motifs is 4. The van der Waals surface area contributed by atoms with Crippen LogP contribution >= 0.6 is 0 Å². The van der Waals surface area contributed by atoms with Crippen molar-refractivity contribution in [1.82, 2.24) is 29.2 Å². The van der Waals surface area contributed by atoms with Crippen molar-refractivity contribution < 1.29 is 9.18 Å². The van der Waals surface area contributed by atoms with Crippen molar-refractivity contribution >= 4 is 17.1 Å². The zero-order valence-corrected chi connectivity index (χ0v) is 21.2. The molecule has 6 rings (SSSR count). The fraction of sp³-hybridized carbons (Fsp3) is 0.538. The van der Waals surface area contributed by atoms with Gasteiger partial charge in [-0.25, -0.2) is 8.91 Å². The van der Waals surface area contributed by atoms with Gasteiger partial charge >= 0.3 is 0 Å². The van der Waals surface area contributed by atoms with Crippen LogP contribution in [0.3, 0.4) is 0 Å². The lowest BCUT2D eigenvalue weighted by Gasteiger charge is -2.37. The Balaban J connectivity index is 1.30. The molecule has 36 heavy (non-hydrogen) atoms. The maximum Gasteiger partial charge on any atom is 0.229 e. The Morgan fingerprint density at radius 3 is 2.72 bits per heavy atom. The second-order valence-electron chi connectivity index (χ2n) is 11.0. The van der Waals surface area contributed by atoms with Crippen LogP contribution in [0.15, 0.2) is 18.3 Å². The highest BCUT2D eigenvalue weighted by atomic mass is 19.1. The summed E-state index contributed by atoms with van der Waals surface area (Å²) >= 11 is 0. The van der Waals surface area contributed by atoms with E-state index >= 15 is 0 Å². The molecular formula is C26H31FN8O. The minimum absolute atomic E-state index is 0.106. The van der Waals surface area contributed by atoms with Gasteiger partial charge in [-0.15, -0.1) is 0 Å². The molecule has 3 aliphatic rings. The summed E-state index contributed by atoms with van der Waals surface area (Å²) in [6.45, 7) is 7.19. The molecule has 0 radical (unpaired) electrons. The number of carbonyl (C=O) groups is 1. The SMILES string of the molecule is C[C@@H]1CN(c2ccc(C#N)n3ncc(F)c23)Cc2c3c(nn21)CN(CC1(C(=O)N(C)C)CC1)[C@@H](C)C3. The van der Waals surface area contributed by atoms with E-state index in [1.54, 1.807) is 11.0 Å². The molecule has 1 fully saturated rings. The molecule has 3 aromatic heterocycles. The maximum atomic E-state index is 14.8. The lowest BCUT2D eigenvalue weighted by molar-refractivity contribution is -0.135. The van der Waals surface area contributed by atoms with Crippen LogP contribution < -0.4 is 4.90 Å². The Hall–Kier alpha value is -3.45. The first kappa shape index (κ1) is 23.0. The number of anilines is 1. The van der Waals surface area contributed by atoms with E-state index in [-0.39, 0.29) is 17.4 Å². The van der Waals surface area contributed by atoms with E-state index in [0.29, 0.717) is 30.3 Å². The van der Waals surface area contributed by atoms with E-state index < -0.39 is 5.82 Å². The van der Waals surface area contributed by atoms with Gasteiger partial charge in [0.15, 0.2) is 5.82 Å². The summed E-state index contributed by atoms with van der Waals surface area (Å²) in [7, 11) is 3.68. The van der Waals surface area contributed by atoms with Gasteiger partial charge in [0.05, 0.1) is 41.3 Å². The molecule has 0 aromatic carbocycles. The molecule has 9 nitrogen and oxygen atoms in total. The molecular weight excluding hydrogens is 459 g/mol. The number of hydrogen-bond acceptors (Lipinski definition) is 6. The molecule has 1 saturated carbocycles. The van der Waals surface area contributed by atoms with Gasteiger partial charge < -0.3 is 9.80 Å². The van der Waals surface area contributed by atoms with Crippen LogP contribution in [0.1, 0.15) is 55.4 Å². The topological polar surface area (TPSA) is 85.7 Å². The molecule has 10 heteroatoms. The predicted octanol–water partition coefficient (Wildman–Crippen LogP) is 2.74. The summed E-state index contributed by atoms with van der Waals surface area (Å²) in [6, 6.07) is 6.02. The molecule has 0 unspecified atom stereocenters. The molecule has 0 spiro atoms. The number of halogens is 1. The Morgan fingerprint density at radius 1 is 1.25 bits per heavy atom. The third-order valence-corrected chi connectivity index (χ3v) is 8.19. The predicted molar refractivity (Wildman–Crippen MR) is 132 cm³/mol. The summed E-state index contributed by atoms with van der Waals surface area (Å²) < 4.78 is 18.3. The minimum atomic E-state index is -0.429. The van der Waals surface area contributed by atoms with Gasteiger partial charge in [-0.05, 0) is 45.2 Å². The first-order valence-electron chi connectivity index (χ1n) is 12.6. The largest absolute Gasteiger partial charge is 0.362 e. The Labute approximate surface area is 209 Å². The second kappa shape index (κ2) is 8.03. The van der Waals surface area contributed by atoms with Gasteiger partial charge in [-0.3, -0.25) is 14.4 Å². The number of rotatable bonds is 4. The molecule has 0 saturated heterocycles. The molecule has 2 aliphatic heterocycles. The van der Waals surface area contributed by atoms with Crippen molar-refractivity contribution in [2.24, 2.45) is 5.41 Å². The second-order valence-corrected chi connectivity index (χ2v) is 11.0. The molecule has 3 aromatic rings. The molecule has 0 bridgehead atoms. The van der Waals surface area contributed by atoms with Gasteiger partial charge in [0.1, 0.15) is 17.3 Å². The minimum Gasteiger partial charge on any atom is -0.362 e. The van der Waals surface area contributed by atoms with E-state index in [0.717, 1.165) is 43.7 Å². The Morgan fingerprint density at radius 2 is 2.03 bits per heavy atom. The summed E-state index contributed by atoms with van der Waals surface area (Å²) in [4.78, 5) is 19.1. The number of pyridine rings is 1. The first-order valence-corrected chi connectivity index (χ1v) is 12.6. The molecule has 5 heterocycles. The number of aromatic nitrogens is 4. The van der Waals surface area contributed by atoms with Crippen molar-refractivity contribution in [3.63, 3.8) is 0 Å². The van der Waals surface area contributed by atoms with E-state index in [1.165, 1.54) is 22.0 Å². The zero-order chi connectivity index (χ0) is 25.4. The lowest BCUT2D eigenvalue weighted by Crippen LogP contribution is -2.46. The number of nitriles is 1. The van der Waals surface area contributed by atoms with Crippen molar-refractivity contribution in [3.05, 3.63) is 46.8 Å². The van der Waals surface area contributed by atoms with Gasteiger partial charge in [-0.2, -0.15) is 15.5 Å². The smallest absolute Gasteiger partial charge is 0.229 e. The van der Waals surface area contributed by atoms with Gasteiger partial charge in [0, 0.05) is 45.3 Å². The summed E-state index contributed by atoms with van der Waals surface area (Å²) in [5.41, 5.74) is 4.67. The summed E-state index contributed by atoms with van der Waals surface area (Å²) in [5.74, 6) is -0.198. The molecule has 1 amide bonds. The van der Waals surface area contributed by atoms with Gasteiger partial charge in [0.2, 0.25) is 5.91 Å².